The molecule has 2 aliphatic heterocycles. The number of ether oxygens (including phenoxy) is 3. The van der Waals surface area contributed by atoms with E-state index in [0.29, 0.717) is 31.1 Å². The number of hydrogen-bond donors (Lipinski definition) is 0. The highest BCUT2D eigenvalue weighted by Crippen LogP contribution is 2.38. The molecule has 1 unspecified atom stereocenters. The van der Waals surface area contributed by atoms with Gasteiger partial charge in [0, 0.05) is 6.04 Å². The van der Waals surface area contributed by atoms with E-state index in [1.54, 1.807) is 6.07 Å². The lowest BCUT2D eigenvalue weighted by molar-refractivity contribution is 0.0596. The Labute approximate surface area is 146 Å². The molecule has 0 bridgehead atoms. The highest BCUT2D eigenvalue weighted by molar-refractivity contribution is 5.90. The van der Waals surface area contributed by atoms with E-state index in [1.807, 2.05) is 6.07 Å². The molecule has 1 fully saturated rings. The van der Waals surface area contributed by atoms with Crippen molar-refractivity contribution in [3.63, 3.8) is 0 Å². The summed E-state index contributed by atoms with van der Waals surface area (Å²) in [5.41, 5.74) is 1.70. The average Bonchev–Trinajstić information content (AvgIpc) is 3.30. The highest BCUT2D eigenvalue weighted by atomic mass is 16.6. The molecule has 0 aliphatic carbocycles. The van der Waals surface area contributed by atoms with Crippen LogP contribution in [0.15, 0.2) is 34.9 Å². The predicted molar refractivity (Wildman–Crippen MR) is 89.9 cm³/mol. The second kappa shape index (κ2) is 6.80. The zero-order valence-electron chi connectivity index (χ0n) is 14.2. The molecule has 0 amide bonds. The van der Waals surface area contributed by atoms with Crippen LogP contribution < -0.4 is 9.47 Å². The van der Waals surface area contributed by atoms with Gasteiger partial charge >= 0.3 is 5.97 Å². The van der Waals surface area contributed by atoms with E-state index in [0.717, 1.165) is 30.9 Å². The van der Waals surface area contributed by atoms with Crippen LogP contribution in [0.5, 0.6) is 11.5 Å². The highest BCUT2D eigenvalue weighted by Gasteiger charge is 2.29. The molecular weight excluding hydrogens is 322 g/mol. The van der Waals surface area contributed by atoms with Crippen molar-refractivity contribution in [2.75, 3.05) is 26.9 Å². The summed E-state index contributed by atoms with van der Waals surface area (Å²) in [6.07, 6.45) is 3.71. The molecule has 0 radical (unpaired) electrons. The molecular formula is C19H21NO5. The molecule has 1 atom stereocenters. The van der Waals surface area contributed by atoms with Crippen molar-refractivity contribution < 1.29 is 23.4 Å². The zero-order chi connectivity index (χ0) is 17.2. The Morgan fingerprint density at radius 2 is 2.08 bits per heavy atom. The van der Waals surface area contributed by atoms with Crippen LogP contribution in [0.3, 0.4) is 0 Å². The Morgan fingerprint density at radius 3 is 2.92 bits per heavy atom. The molecule has 25 heavy (non-hydrogen) atoms. The van der Waals surface area contributed by atoms with Crippen molar-refractivity contribution in [2.45, 2.75) is 25.4 Å². The van der Waals surface area contributed by atoms with Gasteiger partial charge in [0.25, 0.3) is 0 Å². The third-order valence-corrected chi connectivity index (χ3v) is 4.81. The predicted octanol–water partition coefficient (Wildman–Crippen LogP) is 3.17. The van der Waals surface area contributed by atoms with Gasteiger partial charge in [0.15, 0.2) is 11.5 Å². The largest absolute Gasteiger partial charge is 0.486 e. The van der Waals surface area contributed by atoms with Crippen LogP contribution in [0.4, 0.5) is 0 Å². The molecule has 3 heterocycles. The number of likely N-dealkylation sites (tertiary alicyclic amines) is 1. The van der Waals surface area contributed by atoms with E-state index < -0.39 is 0 Å². The lowest BCUT2D eigenvalue weighted by Gasteiger charge is -2.26. The summed E-state index contributed by atoms with van der Waals surface area (Å²) in [6.45, 7) is 2.72. The van der Waals surface area contributed by atoms with E-state index in [9.17, 15) is 4.79 Å². The van der Waals surface area contributed by atoms with Gasteiger partial charge in [0.1, 0.15) is 24.5 Å². The topological polar surface area (TPSA) is 61.1 Å². The fourth-order valence-corrected chi connectivity index (χ4v) is 3.60. The third-order valence-electron chi connectivity index (χ3n) is 4.81. The normalized spacial score (nSPS) is 19.8. The maximum Gasteiger partial charge on any atom is 0.341 e. The molecule has 1 aromatic heterocycles. The molecule has 4 rings (SSSR count). The summed E-state index contributed by atoms with van der Waals surface area (Å²) in [6, 6.07) is 8.08. The quantitative estimate of drug-likeness (QED) is 0.795. The van der Waals surface area contributed by atoms with Gasteiger partial charge in [0.05, 0.1) is 19.9 Å². The van der Waals surface area contributed by atoms with Crippen molar-refractivity contribution in [1.82, 2.24) is 4.90 Å². The summed E-state index contributed by atoms with van der Waals surface area (Å²) >= 11 is 0. The minimum absolute atomic E-state index is 0.270. The van der Waals surface area contributed by atoms with Gasteiger partial charge in [-0.2, -0.15) is 0 Å². The molecule has 0 saturated carbocycles. The molecule has 132 valence electrons. The molecule has 6 heteroatoms. The summed E-state index contributed by atoms with van der Waals surface area (Å²) in [5.74, 6) is 1.90. The van der Waals surface area contributed by atoms with E-state index in [2.05, 4.69) is 17.0 Å². The maximum absolute atomic E-state index is 11.8. The van der Waals surface area contributed by atoms with Crippen LogP contribution in [-0.2, 0) is 11.3 Å². The van der Waals surface area contributed by atoms with Crippen LogP contribution >= 0.6 is 0 Å². The summed E-state index contributed by atoms with van der Waals surface area (Å²) in [4.78, 5) is 14.2. The Morgan fingerprint density at radius 1 is 1.24 bits per heavy atom. The molecule has 1 saturated heterocycles. The van der Waals surface area contributed by atoms with Gasteiger partial charge in [-0.3, -0.25) is 4.90 Å². The fraction of sp³-hybridized carbons (Fsp3) is 0.421. The second-order valence-electron chi connectivity index (χ2n) is 6.28. The van der Waals surface area contributed by atoms with Crippen molar-refractivity contribution in [1.29, 1.82) is 0 Å². The SMILES string of the molecule is COC(=O)c1ccoc1CN1CCCC1c1ccc2c(c1)OCCO2. The first-order valence-electron chi connectivity index (χ1n) is 8.54. The van der Waals surface area contributed by atoms with Crippen molar-refractivity contribution >= 4 is 5.97 Å². The third kappa shape index (κ3) is 3.09. The first kappa shape index (κ1) is 16.0. The maximum atomic E-state index is 11.8. The monoisotopic (exact) mass is 343 g/mol. The summed E-state index contributed by atoms with van der Waals surface area (Å²) < 4.78 is 21.7. The number of fused-ring (bicyclic) bond motifs is 1. The number of nitrogens with zero attached hydrogens (tertiary/aromatic N) is 1. The first-order chi connectivity index (χ1) is 12.3. The fourth-order valence-electron chi connectivity index (χ4n) is 3.60. The standard InChI is InChI=1S/C19H21NO5/c1-22-19(21)14-6-8-23-18(14)12-20-7-2-3-15(20)13-4-5-16-17(11-13)25-10-9-24-16/h4-6,8,11,15H,2-3,7,9-10,12H2,1H3. The van der Waals surface area contributed by atoms with E-state index in [-0.39, 0.29) is 12.0 Å². The van der Waals surface area contributed by atoms with Gasteiger partial charge in [-0.1, -0.05) is 6.07 Å². The number of hydrogen-bond acceptors (Lipinski definition) is 6. The van der Waals surface area contributed by atoms with Gasteiger partial charge in [-0.15, -0.1) is 0 Å². The van der Waals surface area contributed by atoms with E-state index >= 15 is 0 Å². The van der Waals surface area contributed by atoms with Crippen LogP contribution in [0.1, 0.15) is 40.6 Å². The van der Waals surface area contributed by atoms with Gasteiger partial charge in [0.2, 0.25) is 0 Å². The zero-order valence-corrected chi connectivity index (χ0v) is 14.2. The minimum atomic E-state index is -0.362. The lowest BCUT2D eigenvalue weighted by Crippen LogP contribution is -2.24. The Bertz CT molecular complexity index is 769. The number of carbonyl (C=O) groups excluding carboxylic acids is 1. The van der Waals surface area contributed by atoms with E-state index in [1.165, 1.54) is 18.9 Å². The van der Waals surface area contributed by atoms with E-state index in [4.69, 9.17) is 18.6 Å². The Kier molecular flexibility index (Phi) is 4.36. The van der Waals surface area contributed by atoms with Gasteiger partial charge in [-0.25, -0.2) is 4.79 Å². The minimum Gasteiger partial charge on any atom is -0.486 e. The van der Waals surface area contributed by atoms with Crippen LogP contribution in [0.25, 0.3) is 0 Å². The first-order valence-corrected chi connectivity index (χ1v) is 8.54. The van der Waals surface area contributed by atoms with Crippen molar-refractivity contribution in [3.8, 4) is 11.5 Å². The van der Waals surface area contributed by atoms with Crippen LogP contribution in [-0.4, -0.2) is 37.7 Å². The second-order valence-corrected chi connectivity index (χ2v) is 6.28. The summed E-state index contributed by atoms with van der Waals surface area (Å²) in [7, 11) is 1.38. The summed E-state index contributed by atoms with van der Waals surface area (Å²) in [5, 5.41) is 0. The van der Waals surface area contributed by atoms with Crippen molar-refractivity contribution in [3.05, 3.63) is 47.4 Å². The van der Waals surface area contributed by atoms with Crippen LogP contribution in [0.2, 0.25) is 0 Å². The lowest BCUT2D eigenvalue weighted by atomic mass is 10.0. The number of esters is 1. The smallest absolute Gasteiger partial charge is 0.341 e. The van der Waals surface area contributed by atoms with Crippen LogP contribution in [0, 0.1) is 0 Å². The Hall–Kier alpha value is -2.47. The van der Waals surface area contributed by atoms with Gasteiger partial charge < -0.3 is 18.6 Å². The van der Waals surface area contributed by atoms with Gasteiger partial charge in [-0.05, 0) is 43.1 Å². The number of furan rings is 1. The number of methoxy groups -OCH3 is 1. The molecule has 0 spiro atoms. The average molecular weight is 343 g/mol. The molecule has 1 aromatic carbocycles. The number of carbonyl (C=O) groups is 1. The number of benzene rings is 1. The number of rotatable bonds is 4. The Balaban J connectivity index is 1.55. The molecule has 6 nitrogen and oxygen atoms in total. The molecule has 2 aromatic rings. The molecule has 2 aliphatic rings. The molecule has 0 N–H and O–H groups in total. The van der Waals surface area contributed by atoms with Crippen molar-refractivity contribution in [2.24, 2.45) is 0 Å².